The summed E-state index contributed by atoms with van der Waals surface area (Å²) in [4.78, 5) is 25.3. The highest BCUT2D eigenvalue weighted by atomic mass is 16.6. The van der Waals surface area contributed by atoms with Gasteiger partial charge in [0.1, 0.15) is 18.5 Å². The molecular formula is C19H22N3O3+. The van der Waals surface area contributed by atoms with Gasteiger partial charge in [-0.1, -0.05) is 29.8 Å². The molecule has 25 heavy (non-hydrogen) atoms. The van der Waals surface area contributed by atoms with Crippen LogP contribution in [0.5, 0.6) is 0 Å². The molecule has 0 atom stereocenters. The first kappa shape index (κ1) is 17.1. The van der Waals surface area contributed by atoms with Gasteiger partial charge in [0.2, 0.25) is 0 Å². The van der Waals surface area contributed by atoms with Crippen LogP contribution in [0.15, 0.2) is 42.5 Å². The minimum atomic E-state index is -0.408. The van der Waals surface area contributed by atoms with Crippen LogP contribution in [0.1, 0.15) is 21.5 Å². The average molecular weight is 340 g/mol. The number of nitrogens with one attached hydrogen (secondary N) is 1. The predicted molar refractivity (Wildman–Crippen MR) is 96.3 cm³/mol. The van der Waals surface area contributed by atoms with Crippen LogP contribution in [-0.4, -0.2) is 37.4 Å². The Labute approximate surface area is 146 Å². The maximum Gasteiger partial charge on any atom is 0.293 e. The van der Waals surface area contributed by atoms with Gasteiger partial charge in [-0.15, -0.1) is 0 Å². The highest BCUT2D eigenvalue weighted by Crippen LogP contribution is 2.28. The molecule has 0 amide bonds. The summed E-state index contributed by atoms with van der Waals surface area (Å²) in [5, 5.41) is 11.3. The zero-order valence-corrected chi connectivity index (χ0v) is 14.3. The van der Waals surface area contributed by atoms with Gasteiger partial charge in [-0.2, -0.15) is 0 Å². The smallest absolute Gasteiger partial charge is 0.293 e. The molecule has 0 unspecified atom stereocenters. The number of quaternary nitrogens is 1. The Kier molecular flexibility index (Phi) is 5.09. The van der Waals surface area contributed by atoms with E-state index in [-0.39, 0.29) is 5.69 Å². The lowest BCUT2D eigenvalue weighted by Gasteiger charge is -2.33. The summed E-state index contributed by atoms with van der Waals surface area (Å²) in [5.74, 6) is 0. The quantitative estimate of drug-likeness (QED) is 0.510. The van der Waals surface area contributed by atoms with Crippen LogP contribution < -0.4 is 9.80 Å². The third-order valence-corrected chi connectivity index (χ3v) is 4.68. The number of rotatable bonds is 5. The van der Waals surface area contributed by atoms with E-state index >= 15 is 0 Å². The average Bonchev–Trinajstić information content (AvgIpc) is 2.62. The molecule has 2 aromatic carbocycles. The third-order valence-electron chi connectivity index (χ3n) is 4.68. The van der Waals surface area contributed by atoms with E-state index in [1.54, 1.807) is 12.1 Å². The summed E-state index contributed by atoms with van der Waals surface area (Å²) >= 11 is 0. The number of piperazine rings is 1. The van der Waals surface area contributed by atoms with Crippen LogP contribution >= 0.6 is 0 Å². The minimum absolute atomic E-state index is 0.00624. The highest BCUT2D eigenvalue weighted by Gasteiger charge is 2.26. The molecule has 1 saturated heterocycles. The topological polar surface area (TPSA) is 67.9 Å². The van der Waals surface area contributed by atoms with E-state index in [0.29, 0.717) is 17.5 Å². The van der Waals surface area contributed by atoms with E-state index in [1.165, 1.54) is 22.1 Å². The first-order valence-corrected chi connectivity index (χ1v) is 8.44. The fourth-order valence-electron chi connectivity index (χ4n) is 3.38. The second-order valence-corrected chi connectivity index (χ2v) is 6.53. The first-order valence-electron chi connectivity index (χ1n) is 8.44. The lowest BCUT2D eigenvalue weighted by Crippen LogP contribution is -3.13. The van der Waals surface area contributed by atoms with Gasteiger partial charge in [-0.25, -0.2) is 0 Å². The van der Waals surface area contributed by atoms with Crippen LogP contribution in [0.25, 0.3) is 0 Å². The van der Waals surface area contributed by atoms with Gasteiger partial charge in [-0.3, -0.25) is 14.9 Å². The summed E-state index contributed by atoms with van der Waals surface area (Å²) < 4.78 is 0. The molecule has 130 valence electrons. The number of anilines is 1. The normalized spacial score (nSPS) is 15.2. The molecular weight excluding hydrogens is 318 g/mol. The molecule has 1 aliphatic heterocycles. The Bertz CT molecular complexity index is 783. The molecule has 2 aromatic rings. The van der Waals surface area contributed by atoms with Crippen molar-refractivity contribution in [3.05, 3.63) is 69.3 Å². The lowest BCUT2D eigenvalue weighted by atomic mass is 10.1. The number of nitro benzene ring substituents is 1. The molecule has 0 aliphatic carbocycles. The molecule has 0 bridgehead atoms. The molecule has 3 rings (SSSR count). The Hall–Kier alpha value is -2.73. The van der Waals surface area contributed by atoms with Gasteiger partial charge < -0.3 is 9.80 Å². The Balaban J connectivity index is 1.68. The van der Waals surface area contributed by atoms with Crippen LogP contribution in [0, 0.1) is 17.0 Å². The van der Waals surface area contributed by atoms with Crippen molar-refractivity contribution >= 4 is 17.7 Å². The number of aldehydes is 1. The summed E-state index contributed by atoms with van der Waals surface area (Å²) in [6.07, 6.45) is 0.640. The highest BCUT2D eigenvalue weighted by molar-refractivity contribution is 5.79. The predicted octanol–water partition coefficient (Wildman–Crippen LogP) is 1.62. The molecule has 1 heterocycles. The van der Waals surface area contributed by atoms with Crippen LogP contribution in [0.2, 0.25) is 0 Å². The SMILES string of the molecule is Cc1cccc(C[NH+]2CCN(c3ccc(C=O)cc3[N+](=O)[O-])CC2)c1. The van der Waals surface area contributed by atoms with Crippen molar-refractivity contribution in [3.8, 4) is 0 Å². The van der Waals surface area contributed by atoms with E-state index in [0.717, 1.165) is 32.7 Å². The lowest BCUT2D eigenvalue weighted by molar-refractivity contribution is -0.914. The fraction of sp³-hybridized carbons (Fsp3) is 0.316. The Morgan fingerprint density at radius 2 is 1.96 bits per heavy atom. The van der Waals surface area contributed by atoms with E-state index in [9.17, 15) is 14.9 Å². The van der Waals surface area contributed by atoms with Gasteiger partial charge in [0, 0.05) is 17.2 Å². The second kappa shape index (κ2) is 7.44. The van der Waals surface area contributed by atoms with Crippen molar-refractivity contribution in [1.82, 2.24) is 0 Å². The summed E-state index contributed by atoms with van der Waals surface area (Å²) in [7, 11) is 0. The number of benzene rings is 2. The van der Waals surface area contributed by atoms with E-state index in [1.807, 2.05) is 4.90 Å². The van der Waals surface area contributed by atoms with Crippen LogP contribution in [0.3, 0.4) is 0 Å². The molecule has 0 saturated carbocycles. The second-order valence-electron chi connectivity index (χ2n) is 6.53. The molecule has 1 N–H and O–H groups in total. The van der Waals surface area contributed by atoms with Crippen LogP contribution in [0.4, 0.5) is 11.4 Å². The van der Waals surface area contributed by atoms with Gasteiger partial charge in [0.25, 0.3) is 5.69 Å². The molecule has 6 nitrogen and oxygen atoms in total. The maximum absolute atomic E-state index is 11.3. The minimum Gasteiger partial charge on any atom is -0.355 e. The standard InChI is InChI=1S/C19H21N3O3/c1-15-3-2-4-16(11-15)13-20-7-9-21(10-8-20)18-6-5-17(14-23)12-19(18)22(24)25/h2-6,11-12,14H,7-10,13H2,1H3/p+1. The molecule has 6 heteroatoms. The van der Waals surface area contributed by atoms with E-state index < -0.39 is 4.92 Å². The van der Waals surface area contributed by atoms with Crippen molar-refractivity contribution < 1.29 is 14.6 Å². The van der Waals surface area contributed by atoms with Gasteiger partial charge in [-0.05, 0) is 19.1 Å². The maximum atomic E-state index is 11.3. The van der Waals surface area contributed by atoms with Crippen LogP contribution in [-0.2, 0) is 6.54 Å². The molecule has 1 fully saturated rings. The molecule has 0 spiro atoms. The number of aryl methyl sites for hydroxylation is 1. The van der Waals surface area contributed by atoms with E-state index in [2.05, 4.69) is 31.2 Å². The number of carbonyl (C=O) groups is 1. The largest absolute Gasteiger partial charge is 0.355 e. The Morgan fingerprint density at radius 1 is 1.20 bits per heavy atom. The van der Waals surface area contributed by atoms with Crippen molar-refractivity contribution in [2.75, 3.05) is 31.1 Å². The van der Waals surface area contributed by atoms with Crippen molar-refractivity contribution in [3.63, 3.8) is 0 Å². The van der Waals surface area contributed by atoms with Crippen molar-refractivity contribution in [2.24, 2.45) is 0 Å². The molecule has 0 aromatic heterocycles. The zero-order valence-electron chi connectivity index (χ0n) is 14.3. The first-order chi connectivity index (χ1) is 12.1. The fourth-order valence-corrected chi connectivity index (χ4v) is 3.38. The van der Waals surface area contributed by atoms with Gasteiger partial charge in [0.15, 0.2) is 0 Å². The summed E-state index contributed by atoms with van der Waals surface area (Å²) in [5.41, 5.74) is 3.53. The van der Waals surface area contributed by atoms with Gasteiger partial charge in [0.05, 0.1) is 31.1 Å². The van der Waals surface area contributed by atoms with Crippen molar-refractivity contribution in [2.45, 2.75) is 13.5 Å². The molecule has 0 radical (unpaired) electrons. The number of carbonyl (C=O) groups excluding carboxylic acids is 1. The zero-order chi connectivity index (χ0) is 17.8. The monoisotopic (exact) mass is 340 g/mol. The van der Waals surface area contributed by atoms with Crippen molar-refractivity contribution in [1.29, 1.82) is 0 Å². The molecule has 1 aliphatic rings. The number of hydrogen-bond donors (Lipinski definition) is 1. The third kappa shape index (κ3) is 4.03. The number of hydrogen-bond acceptors (Lipinski definition) is 4. The van der Waals surface area contributed by atoms with Gasteiger partial charge >= 0.3 is 0 Å². The summed E-state index contributed by atoms with van der Waals surface area (Å²) in [6.45, 7) is 6.46. The number of nitro groups is 1. The van der Waals surface area contributed by atoms with E-state index in [4.69, 9.17) is 0 Å². The Morgan fingerprint density at radius 3 is 2.60 bits per heavy atom. The summed E-state index contributed by atoms with van der Waals surface area (Å²) in [6, 6.07) is 13.2. The number of nitrogens with zero attached hydrogens (tertiary/aromatic N) is 2.